The van der Waals surface area contributed by atoms with E-state index in [-0.39, 0.29) is 5.57 Å². The minimum Gasteiger partial charge on any atom is -0.490 e. The van der Waals surface area contributed by atoms with Gasteiger partial charge in [-0.3, -0.25) is 14.9 Å². The summed E-state index contributed by atoms with van der Waals surface area (Å²) in [7, 11) is 0. The quantitative estimate of drug-likeness (QED) is 0.104. The molecule has 1 fully saturated rings. The van der Waals surface area contributed by atoms with E-state index in [1.807, 2.05) is 61.5 Å². The van der Waals surface area contributed by atoms with Crippen molar-refractivity contribution in [1.82, 2.24) is 5.32 Å². The number of urea groups is 1. The maximum atomic E-state index is 13.5. The first-order valence-electron chi connectivity index (χ1n) is 13.3. The molecule has 4 aromatic carbocycles. The van der Waals surface area contributed by atoms with Crippen LogP contribution in [-0.4, -0.2) is 24.5 Å². The highest BCUT2D eigenvalue weighted by molar-refractivity contribution is 14.1. The lowest BCUT2D eigenvalue weighted by Crippen LogP contribution is -2.54. The second-order valence-electron chi connectivity index (χ2n) is 9.40. The number of barbiturate groups is 1. The van der Waals surface area contributed by atoms with Crippen LogP contribution in [0.15, 0.2) is 101 Å². The average Bonchev–Trinajstić information content (AvgIpc) is 3.00. The molecule has 1 heterocycles. The number of carbonyl (C=O) groups excluding carboxylic acids is 3. The van der Waals surface area contributed by atoms with Crippen LogP contribution in [0.4, 0.5) is 10.5 Å². The normalized spacial score (nSPS) is 14.1. The predicted octanol–water partition coefficient (Wildman–Crippen LogP) is 7.28. The first-order valence-corrected chi connectivity index (χ1v) is 15.2. The van der Waals surface area contributed by atoms with E-state index in [0.717, 1.165) is 24.1 Å². The van der Waals surface area contributed by atoms with Crippen molar-refractivity contribution in [2.45, 2.75) is 20.1 Å². The number of anilines is 1. The number of hydrogen-bond donors (Lipinski definition) is 1. The minimum atomic E-state index is -0.827. The van der Waals surface area contributed by atoms with Crippen LogP contribution in [0.25, 0.3) is 6.08 Å². The number of nitrogens with one attached hydrogen (secondary N) is 1. The van der Waals surface area contributed by atoms with Crippen molar-refractivity contribution in [2.75, 3.05) is 11.5 Å². The minimum absolute atomic E-state index is 0.189. The summed E-state index contributed by atoms with van der Waals surface area (Å²) in [6.45, 7) is 2.95. The van der Waals surface area contributed by atoms with Crippen molar-refractivity contribution in [2.24, 2.45) is 0 Å². The fourth-order valence-electron chi connectivity index (χ4n) is 4.30. The van der Waals surface area contributed by atoms with E-state index in [2.05, 4.69) is 43.8 Å². The number of ether oxygens (including phenoxy) is 3. The zero-order valence-corrected chi connectivity index (χ0v) is 26.8. The van der Waals surface area contributed by atoms with Gasteiger partial charge in [0.25, 0.3) is 11.8 Å². The molecule has 0 aromatic heterocycles. The molecule has 0 spiro atoms. The smallest absolute Gasteiger partial charge is 0.335 e. The molecule has 43 heavy (non-hydrogen) atoms. The van der Waals surface area contributed by atoms with E-state index in [1.54, 1.807) is 36.4 Å². The number of rotatable bonds is 10. The summed E-state index contributed by atoms with van der Waals surface area (Å²) in [5, 5.41) is 2.26. The maximum Gasteiger partial charge on any atom is 0.335 e. The standard InChI is InChI=1S/C33H26BrIN2O6/c1-2-41-29-18-23(17-28(35)30(29)43-20-22-8-10-24(34)11-9-22)16-27-31(38)36-33(40)37(32(27)39)25-12-14-26(15-13-25)42-19-21-6-4-3-5-7-21/h3-18H,2,19-20H2,1H3,(H,36,38,40)/b27-16+. The van der Waals surface area contributed by atoms with Crippen molar-refractivity contribution >= 4 is 68.1 Å². The number of nitrogens with zero attached hydrogens (tertiary/aromatic N) is 1. The molecule has 1 aliphatic rings. The second-order valence-corrected chi connectivity index (χ2v) is 11.5. The van der Waals surface area contributed by atoms with Gasteiger partial charge in [-0.25, -0.2) is 9.69 Å². The van der Waals surface area contributed by atoms with E-state index in [0.29, 0.717) is 48.3 Å². The zero-order valence-electron chi connectivity index (χ0n) is 23.0. The van der Waals surface area contributed by atoms with Gasteiger partial charge < -0.3 is 14.2 Å². The molecular weight excluding hydrogens is 727 g/mol. The van der Waals surface area contributed by atoms with Gasteiger partial charge in [-0.15, -0.1) is 0 Å². The largest absolute Gasteiger partial charge is 0.490 e. The second kappa shape index (κ2) is 13.9. The average molecular weight is 753 g/mol. The lowest BCUT2D eigenvalue weighted by Gasteiger charge is -2.26. The number of imide groups is 2. The van der Waals surface area contributed by atoms with Gasteiger partial charge in [0.1, 0.15) is 24.5 Å². The third-order valence-electron chi connectivity index (χ3n) is 6.38. The van der Waals surface area contributed by atoms with Gasteiger partial charge in [0.2, 0.25) is 0 Å². The number of halogens is 2. The van der Waals surface area contributed by atoms with Crippen LogP contribution in [0.5, 0.6) is 17.2 Å². The Balaban J connectivity index is 1.36. The Bertz CT molecular complexity index is 1670. The van der Waals surface area contributed by atoms with E-state index in [1.165, 1.54) is 6.08 Å². The van der Waals surface area contributed by atoms with Crippen molar-refractivity contribution < 1.29 is 28.6 Å². The van der Waals surface area contributed by atoms with Crippen molar-refractivity contribution in [3.8, 4) is 17.2 Å². The Hall–Kier alpha value is -4.16. The lowest BCUT2D eigenvalue weighted by molar-refractivity contribution is -0.122. The first-order chi connectivity index (χ1) is 20.8. The van der Waals surface area contributed by atoms with Crippen LogP contribution in [-0.2, 0) is 22.8 Å². The molecule has 0 bridgehead atoms. The molecule has 4 amide bonds. The third kappa shape index (κ3) is 7.44. The van der Waals surface area contributed by atoms with Crippen LogP contribution in [0.1, 0.15) is 23.6 Å². The SMILES string of the molecule is CCOc1cc(/C=C2\C(=O)NC(=O)N(c3ccc(OCc4ccccc4)cc3)C2=O)cc(I)c1OCc1ccc(Br)cc1. The van der Waals surface area contributed by atoms with Crippen LogP contribution >= 0.6 is 38.5 Å². The third-order valence-corrected chi connectivity index (χ3v) is 7.71. The molecule has 218 valence electrons. The molecule has 0 radical (unpaired) electrons. The molecule has 1 N–H and O–H groups in total. The fraction of sp³-hybridized carbons (Fsp3) is 0.121. The van der Waals surface area contributed by atoms with Crippen LogP contribution in [0.2, 0.25) is 0 Å². The Labute approximate surface area is 270 Å². The Morgan fingerprint density at radius 2 is 1.51 bits per heavy atom. The topological polar surface area (TPSA) is 94.2 Å². The summed E-state index contributed by atoms with van der Waals surface area (Å²) in [6, 6.07) is 26.7. The molecule has 10 heteroatoms. The van der Waals surface area contributed by atoms with Crippen molar-refractivity contribution in [3.63, 3.8) is 0 Å². The molecule has 1 saturated heterocycles. The monoisotopic (exact) mass is 752 g/mol. The highest BCUT2D eigenvalue weighted by Crippen LogP contribution is 2.36. The molecule has 0 atom stereocenters. The highest BCUT2D eigenvalue weighted by Gasteiger charge is 2.37. The van der Waals surface area contributed by atoms with Gasteiger partial charge >= 0.3 is 6.03 Å². The molecule has 8 nitrogen and oxygen atoms in total. The van der Waals surface area contributed by atoms with Crippen LogP contribution < -0.4 is 24.4 Å². The number of benzene rings is 4. The first kappa shape index (κ1) is 30.3. The molecule has 0 saturated carbocycles. The Morgan fingerprint density at radius 3 is 2.21 bits per heavy atom. The molecule has 4 aromatic rings. The van der Waals surface area contributed by atoms with E-state index in [9.17, 15) is 14.4 Å². The number of carbonyl (C=O) groups is 3. The van der Waals surface area contributed by atoms with Gasteiger partial charge in [-0.2, -0.15) is 0 Å². The maximum absolute atomic E-state index is 13.5. The van der Waals surface area contributed by atoms with Crippen molar-refractivity contribution in [3.05, 3.63) is 121 Å². The fourth-order valence-corrected chi connectivity index (χ4v) is 5.35. The predicted molar refractivity (Wildman–Crippen MR) is 175 cm³/mol. The van der Waals surface area contributed by atoms with E-state index >= 15 is 0 Å². The summed E-state index contributed by atoms with van der Waals surface area (Å²) in [5.41, 5.74) is 2.65. The molecular formula is C33H26BrIN2O6. The van der Waals surface area contributed by atoms with Gasteiger partial charge in [-0.05, 0) is 101 Å². The van der Waals surface area contributed by atoms with Gasteiger partial charge in [0.05, 0.1) is 15.9 Å². The Morgan fingerprint density at radius 1 is 0.837 bits per heavy atom. The van der Waals surface area contributed by atoms with Crippen LogP contribution in [0, 0.1) is 3.57 Å². The number of amides is 4. The van der Waals surface area contributed by atoms with Crippen LogP contribution in [0.3, 0.4) is 0 Å². The molecule has 5 rings (SSSR count). The van der Waals surface area contributed by atoms with Gasteiger partial charge in [0, 0.05) is 4.47 Å². The van der Waals surface area contributed by atoms with Gasteiger partial charge in [-0.1, -0.05) is 58.4 Å². The number of hydrogen-bond acceptors (Lipinski definition) is 6. The summed E-state index contributed by atoms with van der Waals surface area (Å²) in [4.78, 5) is 39.9. The van der Waals surface area contributed by atoms with E-state index in [4.69, 9.17) is 14.2 Å². The lowest BCUT2D eigenvalue weighted by atomic mass is 10.1. The summed E-state index contributed by atoms with van der Waals surface area (Å²) in [6.07, 6.45) is 1.44. The van der Waals surface area contributed by atoms with E-state index < -0.39 is 17.8 Å². The van der Waals surface area contributed by atoms with Crippen molar-refractivity contribution in [1.29, 1.82) is 0 Å². The summed E-state index contributed by atoms with van der Waals surface area (Å²) < 4.78 is 19.5. The zero-order chi connectivity index (χ0) is 30.3. The van der Waals surface area contributed by atoms with Gasteiger partial charge in [0.15, 0.2) is 11.5 Å². The molecule has 0 aliphatic carbocycles. The molecule has 0 unspecified atom stereocenters. The summed E-state index contributed by atoms with van der Waals surface area (Å²) >= 11 is 5.56. The Kier molecular flexibility index (Phi) is 9.78. The molecule has 1 aliphatic heterocycles. The highest BCUT2D eigenvalue weighted by atomic mass is 127. The summed E-state index contributed by atoms with van der Waals surface area (Å²) in [5.74, 6) is 0.0805.